The van der Waals surface area contributed by atoms with Crippen molar-refractivity contribution >= 4 is 23.4 Å². The fourth-order valence-electron chi connectivity index (χ4n) is 2.94. The number of nitrogens with two attached hydrogens (primary N) is 1. The van der Waals surface area contributed by atoms with E-state index in [2.05, 4.69) is 26.7 Å². The molecular formula is C21H23N5O2. The topological polar surface area (TPSA) is 102 Å². The van der Waals surface area contributed by atoms with Gasteiger partial charge in [-0.1, -0.05) is 18.2 Å². The van der Waals surface area contributed by atoms with E-state index in [1.165, 1.54) is 0 Å². The van der Waals surface area contributed by atoms with E-state index in [9.17, 15) is 4.79 Å². The zero-order valence-electron chi connectivity index (χ0n) is 16.1. The Hall–Kier alpha value is -3.61. The van der Waals surface area contributed by atoms with Gasteiger partial charge in [-0.3, -0.25) is 4.79 Å². The van der Waals surface area contributed by atoms with Gasteiger partial charge in [0.1, 0.15) is 17.6 Å². The molecule has 1 heterocycles. The highest BCUT2D eigenvalue weighted by Crippen LogP contribution is 2.22. The maximum Gasteiger partial charge on any atom is 0.244 e. The van der Waals surface area contributed by atoms with Crippen molar-refractivity contribution in [1.29, 1.82) is 0 Å². The van der Waals surface area contributed by atoms with Gasteiger partial charge in [0.25, 0.3) is 0 Å². The number of carbonyl (C=O) groups is 1. The highest BCUT2D eigenvalue weighted by atomic mass is 16.5. The molecule has 1 amide bonds. The predicted octanol–water partition coefficient (Wildman–Crippen LogP) is 3.48. The minimum Gasteiger partial charge on any atom is -0.497 e. The maximum atomic E-state index is 12.0. The van der Waals surface area contributed by atoms with Crippen LogP contribution in [0, 0.1) is 13.8 Å². The van der Waals surface area contributed by atoms with Crippen LogP contribution >= 0.6 is 0 Å². The summed E-state index contributed by atoms with van der Waals surface area (Å²) in [6.45, 7) is 4.08. The fourth-order valence-corrected chi connectivity index (χ4v) is 2.94. The summed E-state index contributed by atoms with van der Waals surface area (Å²) in [5, 5.41) is 6.26. The molecule has 0 aliphatic rings. The Morgan fingerprint density at radius 3 is 2.36 bits per heavy atom. The van der Waals surface area contributed by atoms with Crippen molar-refractivity contribution in [2.45, 2.75) is 19.9 Å². The van der Waals surface area contributed by atoms with Crippen LogP contribution in [0.3, 0.4) is 0 Å². The zero-order chi connectivity index (χ0) is 20.1. The van der Waals surface area contributed by atoms with Crippen LogP contribution < -0.4 is 21.1 Å². The lowest BCUT2D eigenvalue weighted by molar-refractivity contribution is -0.118. The molecule has 144 valence electrons. The average Bonchev–Trinajstić information content (AvgIpc) is 2.65. The Kier molecular flexibility index (Phi) is 5.74. The molecule has 1 atom stereocenters. The molecule has 0 spiro atoms. The minimum absolute atomic E-state index is 0.300. The van der Waals surface area contributed by atoms with Crippen LogP contribution in [0.4, 0.5) is 17.5 Å². The molecule has 7 heteroatoms. The van der Waals surface area contributed by atoms with Gasteiger partial charge in [-0.05, 0) is 60.9 Å². The summed E-state index contributed by atoms with van der Waals surface area (Å²) in [6, 6.07) is 14.3. The number of nitrogens with one attached hydrogen (secondary N) is 2. The molecule has 0 saturated carbocycles. The molecule has 0 aliphatic carbocycles. The Labute approximate surface area is 164 Å². The number of primary amides is 1. The van der Waals surface area contributed by atoms with Crippen molar-refractivity contribution in [2.24, 2.45) is 5.73 Å². The highest BCUT2D eigenvalue weighted by molar-refractivity contribution is 5.84. The number of amides is 1. The highest BCUT2D eigenvalue weighted by Gasteiger charge is 2.19. The van der Waals surface area contributed by atoms with Crippen LogP contribution in [0.1, 0.15) is 22.7 Å². The smallest absolute Gasteiger partial charge is 0.244 e. The summed E-state index contributed by atoms with van der Waals surface area (Å²) >= 11 is 0. The van der Waals surface area contributed by atoms with Crippen molar-refractivity contribution in [3.8, 4) is 5.75 Å². The lowest BCUT2D eigenvalue weighted by Crippen LogP contribution is -2.28. The lowest BCUT2D eigenvalue weighted by atomic mass is 10.1. The number of hydrogen-bond donors (Lipinski definition) is 3. The van der Waals surface area contributed by atoms with Crippen LogP contribution in [-0.4, -0.2) is 23.0 Å². The Morgan fingerprint density at radius 2 is 1.75 bits per heavy atom. The number of ether oxygens (including phenoxy) is 1. The summed E-state index contributed by atoms with van der Waals surface area (Å²) in [4.78, 5) is 20.6. The number of methoxy groups -OCH3 is 1. The molecule has 28 heavy (non-hydrogen) atoms. The van der Waals surface area contributed by atoms with Crippen LogP contribution in [0.5, 0.6) is 5.75 Å². The molecule has 0 saturated heterocycles. The molecule has 1 aromatic heterocycles. The first-order chi connectivity index (χ1) is 13.4. The number of nitrogens with zero attached hydrogens (tertiary/aromatic N) is 2. The molecule has 4 N–H and O–H groups in total. The molecule has 0 fully saturated rings. The third-order valence-corrected chi connectivity index (χ3v) is 4.16. The first-order valence-corrected chi connectivity index (χ1v) is 8.83. The summed E-state index contributed by atoms with van der Waals surface area (Å²) in [5.41, 5.74) is 9.52. The van der Waals surface area contributed by atoms with Gasteiger partial charge in [0.05, 0.1) is 7.11 Å². The second-order valence-electron chi connectivity index (χ2n) is 6.52. The summed E-state index contributed by atoms with van der Waals surface area (Å²) in [5.74, 6) is 1.08. The third kappa shape index (κ3) is 4.76. The number of carbonyl (C=O) groups excluding carboxylic acids is 1. The van der Waals surface area contributed by atoms with Crippen LogP contribution in [0.2, 0.25) is 0 Å². The molecular weight excluding hydrogens is 354 g/mol. The normalized spacial score (nSPS) is 11.5. The molecule has 2 aromatic carbocycles. The average molecular weight is 377 g/mol. The standard InChI is InChI=1S/C21H23N5O2/c1-13-10-14(2)12-16(11-13)24-18-8-9-23-21(25-18)26-19(20(22)27)15-4-6-17(28-3)7-5-15/h4-12,19H,1-3H3,(H2,22,27)(H2,23,24,25,26)/t19-/m1/s1. The van der Waals surface area contributed by atoms with Gasteiger partial charge in [0.15, 0.2) is 0 Å². The second-order valence-corrected chi connectivity index (χ2v) is 6.52. The van der Waals surface area contributed by atoms with Gasteiger partial charge in [0.2, 0.25) is 11.9 Å². The zero-order valence-corrected chi connectivity index (χ0v) is 16.1. The molecule has 3 rings (SSSR count). The van der Waals surface area contributed by atoms with Crippen molar-refractivity contribution < 1.29 is 9.53 Å². The van der Waals surface area contributed by atoms with E-state index >= 15 is 0 Å². The van der Waals surface area contributed by atoms with E-state index in [0.29, 0.717) is 23.1 Å². The number of aromatic nitrogens is 2. The number of benzene rings is 2. The second kappa shape index (κ2) is 8.39. The molecule has 3 aromatic rings. The van der Waals surface area contributed by atoms with Crippen LogP contribution in [0.25, 0.3) is 0 Å². The summed E-state index contributed by atoms with van der Waals surface area (Å²) in [7, 11) is 1.58. The quantitative estimate of drug-likeness (QED) is 0.583. The fraction of sp³-hybridized carbons (Fsp3) is 0.190. The van der Waals surface area contributed by atoms with Crippen molar-refractivity contribution in [1.82, 2.24) is 9.97 Å². The van der Waals surface area contributed by atoms with E-state index in [4.69, 9.17) is 10.5 Å². The number of aryl methyl sites for hydroxylation is 2. The van der Waals surface area contributed by atoms with E-state index < -0.39 is 11.9 Å². The van der Waals surface area contributed by atoms with Crippen LogP contribution in [-0.2, 0) is 4.79 Å². The Morgan fingerprint density at radius 1 is 1.07 bits per heavy atom. The Balaban J connectivity index is 1.80. The van der Waals surface area contributed by atoms with E-state index in [0.717, 1.165) is 16.8 Å². The SMILES string of the molecule is COc1ccc([C@@H](Nc2nccc(Nc3cc(C)cc(C)c3)n2)C(N)=O)cc1. The summed E-state index contributed by atoms with van der Waals surface area (Å²) < 4.78 is 5.15. The molecule has 0 aliphatic heterocycles. The van der Waals surface area contributed by atoms with Gasteiger partial charge >= 0.3 is 0 Å². The van der Waals surface area contributed by atoms with Crippen molar-refractivity contribution in [3.63, 3.8) is 0 Å². The third-order valence-electron chi connectivity index (χ3n) is 4.16. The van der Waals surface area contributed by atoms with Gasteiger partial charge in [-0.2, -0.15) is 4.98 Å². The molecule has 0 bridgehead atoms. The number of rotatable bonds is 7. The Bertz CT molecular complexity index is 953. The van der Waals surface area contributed by atoms with Gasteiger partial charge in [-0.25, -0.2) is 4.98 Å². The number of anilines is 3. The van der Waals surface area contributed by atoms with E-state index in [1.54, 1.807) is 43.6 Å². The first kappa shape index (κ1) is 19.2. The van der Waals surface area contributed by atoms with Gasteiger partial charge in [0, 0.05) is 11.9 Å². The molecule has 7 nitrogen and oxygen atoms in total. The first-order valence-electron chi connectivity index (χ1n) is 8.83. The lowest BCUT2D eigenvalue weighted by Gasteiger charge is -2.17. The largest absolute Gasteiger partial charge is 0.497 e. The number of hydrogen-bond acceptors (Lipinski definition) is 6. The predicted molar refractivity (Wildman–Crippen MR) is 110 cm³/mol. The van der Waals surface area contributed by atoms with Gasteiger partial charge < -0.3 is 21.1 Å². The van der Waals surface area contributed by atoms with Crippen molar-refractivity contribution in [2.75, 3.05) is 17.7 Å². The maximum absolute atomic E-state index is 12.0. The molecule has 0 radical (unpaired) electrons. The van der Waals surface area contributed by atoms with Crippen LogP contribution in [0.15, 0.2) is 54.7 Å². The summed E-state index contributed by atoms with van der Waals surface area (Å²) in [6.07, 6.45) is 1.62. The molecule has 0 unspecified atom stereocenters. The van der Waals surface area contributed by atoms with E-state index in [1.807, 2.05) is 26.0 Å². The monoisotopic (exact) mass is 377 g/mol. The minimum atomic E-state index is -0.762. The van der Waals surface area contributed by atoms with E-state index in [-0.39, 0.29) is 0 Å². The van der Waals surface area contributed by atoms with Gasteiger partial charge in [-0.15, -0.1) is 0 Å². The van der Waals surface area contributed by atoms with Crippen molar-refractivity contribution in [3.05, 3.63) is 71.4 Å².